The zero-order valence-electron chi connectivity index (χ0n) is 23.8. The van der Waals surface area contributed by atoms with Crippen molar-refractivity contribution in [2.24, 2.45) is 0 Å². The second-order valence-corrected chi connectivity index (χ2v) is 12.7. The van der Waals surface area contributed by atoms with Crippen molar-refractivity contribution < 1.29 is 0 Å². The van der Waals surface area contributed by atoms with Gasteiger partial charge in [-0.25, -0.2) is 0 Å². The lowest BCUT2D eigenvalue weighted by atomic mass is 9.94. The van der Waals surface area contributed by atoms with Crippen molar-refractivity contribution in [1.82, 2.24) is 4.57 Å². The Morgan fingerprint density at radius 3 is 1.52 bits per heavy atom. The van der Waals surface area contributed by atoms with E-state index in [1.54, 1.807) is 0 Å². The second kappa shape index (κ2) is 9.03. The van der Waals surface area contributed by atoms with Crippen LogP contribution in [0.3, 0.4) is 0 Å². The van der Waals surface area contributed by atoms with Gasteiger partial charge in [0.15, 0.2) is 0 Å². The molecule has 2 heterocycles. The molecule has 0 unspecified atom stereocenters. The first-order valence-corrected chi connectivity index (χ1v) is 15.9. The number of para-hydroxylation sites is 1. The molecule has 44 heavy (non-hydrogen) atoms. The van der Waals surface area contributed by atoms with Crippen LogP contribution in [0.5, 0.6) is 0 Å². The molecule has 0 aliphatic carbocycles. The molecule has 0 bridgehead atoms. The third-order valence-corrected chi connectivity index (χ3v) is 10.6. The summed E-state index contributed by atoms with van der Waals surface area (Å²) in [4.78, 5) is 0. The normalized spacial score (nSPS) is 12.1. The Morgan fingerprint density at radius 1 is 0.341 bits per heavy atom. The summed E-state index contributed by atoms with van der Waals surface area (Å²) in [5, 5.41) is 13.3. The Kier molecular flexibility index (Phi) is 4.94. The zero-order valence-corrected chi connectivity index (χ0v) is 24.6. The fourth-order valence-electron chi connectivity index (χ4n) is 7.50. The van der Waals surface area contributed by atoms with Crippen LogP contribution in [0.4, 0.5) is 0 Å². The van der Waals surface area contributed by atoms with Crippen LogP contribution in [0.25, 0.3) is 91.1 Å². The van der Waals surface area contributed by atoms with E-state index in [0.29, 0.717) is 0 Å². The molecule has 10 rings (SSSR count). The molecule has 2 aromatic heterocycles. The molecule has 8 aromatic carbocycles. The van der Waals surface area contributed by atoms with Gasteiger partial charge in [0, 0.05) is 37.3 Å². The van der Waals surface area contributed by atoms with E-state index in [-0.39, 0.29) is 0 Å². The van der Waals surface area contributed by atoms with E-state index in [4.69, 9.17) is 0 Å². The third kappa shape index (κ3) is 3.18. The van der Waals surface area contributed by atoms with E-state index >= 15 is 0 Å². The zero-order chi connectivity index (χ0) is 28.8. The van der Waals surface area contributed by atoms with Crippen molar-refractivity contribution in [2.75, 3.05) is 0 Å². The van der Waals surface area contributed by atoms with E-state index in [2.05, 4.69) is 156 Å². The lowest BCUT2D eigenvalue weighted by Gasteiger charge is -2.11. The first-order valence-electron chi connectivity index (χ1n) is 15.1. The fourth-order valence-corrected chi connectivity index (χ4v) is 8.91. The Labute approximate surface area is 257 Å². The summed E-state index contributed by atoms with van der Waals surface area (Å²) >= 11 is 1.95. The molecule has 204 valence electrons. The molecule has 0 N–H and O–H groups in total. The lowest BCUT2D eigenvalue weighted by molar-refractivity contribution is 1.19. The maximum Gasteiger partial charge on any atom is 0.0726 e. The maximum atomic E-state index is 2.51. The van der Waals surface area contributed by atoms with E-state index in [1.165, 1.54) is 91.1 Å². The number of rotatable bonds is 2. The quantitative estimate of drug-likeness (QED) is 0.181. The van der Waals surface area contributed by atoms with Gasteiger partial charge in [-0.2, -0.15) is 0 Å². The molecule has 2 heteroatoms. The Hall–Kier alpha value is -5.44. The molecule has 0 aliphatic heterocycles. The fraction of sp³-hybridized carbons (Fsp3) is 0. The molecule has 0 spiro atoms. The number of hydrogen-bond donors (Lipinski definition) is 0. The first-order chi connectivity index (χ1) is 21.9. The van der Waals surface area contributed by atoms with Crippen LogP contribution in [0.15, 0.2) is 152 Å². The second-order valence-electron chi connectivity index (χ2n) is 11.6. The molecular formula is C42H25NS. The smallest absolute Gasteiger partial charge is 0.0726 e. The largest absolute Gasteiger partial charge is 0.308 e. The summed E-state index contributed by atoms with van der Waals surface area (Å²) < 4.78 is 5.22. The molecule has 0 amide bonds. The monoisotopic (exact) mass is 575 g/mol. The van der Waals surface area contributed by atoms with Gasteiger partial charge in [-0.15, -0.1) is 11.3 Å². The Balaban J connectivity index is 1.44. The van der Waals surface area contributed by atoms with Gasteiger partial charge in [0.1, 0.15) is 0 Å². The van der Waals surface area contributed by atoms with Gasteiger partial charge in [0.05, 0.1) is 15.7 Å². The standard InChI is InChI=1S/C42H25NS/c1-2-12-26(13-3-1)27-22-24-28(25-23-27)43-36-21-11-10-20-35(36)37-32-17-7-8-18-33(32)39-38-31-16-6-4-14-29(31)30-15-5-9-19-34(30)41(38)44-42(39)40(37)43/h1-25H. The lowest BCUT2D eigenvalue weighted by Crippen LogP contribution is -1.94. The van der Waals surface area contributed by atoms with E-state index in [0.717, 1.165) is 0 Å². The average molecular weight is 576 g/mol. The highest BCUT2D eigenvalue weighted by atomic mass is 32.1. The molecule has 0 saturated heterocycles. The maximum absolute atomic E-state index is 2.51. The van der Waals surface area contributed by atoms with E-state index < -0.39 is 0 Å². The Bertz CT molecular complexity index is 2750. The number of benzene rings is 8. The molecule has 10 aromatic rings. The minimum atomic E-state index is 1.18. The van der Waals surface area contributed by atoms with Gasteiger partial charge < -0.3 is 4.57 Å². The number of fused-ring (bicyclic) bond motifs is 15. The summed E-state index contributed by atoms with van der Waals surface area (Å²) in [5.41, 5.74) is 6.17. The predicted molar refractivity (Wildman–Crippen MR) is 192 cm³/mol. The van der Waals surface area contributed by atoms with Crippen molar-refractivity contribution in [2.45, 2.75) is 0 Å². The van der Waals surface area contributed by atoms with E-state index in [9.17, 15) is 0 Å². The van der Waals surface area contributed by atoms with Gasteiger partial charge in [-0.05, 0) is 56.3 Å². The molecule has 0 atom stereocenters. The molecule has 0 aliphatic rings. The van der Waals surface area contributed by atoms with Gasteiger partial charge in [-0.1, -0.05) is 133 Å². The third-order valence-electron chi connectivity index (χ3n) is 9.35. The topological polar surface area (TPSA) is 4.93 Å². The van der Waals surface area contributed by atoms with Crippen LogP contribution in [0.2, 0.25) is 0 Å². The summed E-state index contributed by atoms with van der Waals surface area (Å²) in [5.74, 6) is 0. The molecular weight excluding hydrogens is 551 g/mol. The number of nitrogens with zero attached hydrogens (tertiary/aromatic N) is 1. The highest BCUT2D eigenvalue weighted by molar-refractivity contribution is 7.28. The molecule has 0 saturated carbocycles. The first kappa shape index (κ1) is 24.0. The van der Waals surface area contributed by atoms with Crippen LogP contribution >= 0.6 is 11.3 Å². The highest BCUT2D eigenvalue weighted by Crippen LogP contribution is 2.51. The summed E-state index contributed by atoms with van der Waals surface area (Å²) in [6.45, 7) is 0. The van der Waals surface area contributed by atoms with Crippen LogP contribution in [0, 0.1) is 0 Å². The number of thiophene rings is 1. The van der Waals surface area contributed by atoms with Crippen molar-refractivity contribution in [3.8, 4) is 16.8 Å². The van der Waals surface area contributed by atoms with Crippen LogP contribution in [0.1, 0.15) is 0 Å². The minimum absolute atomic E-state index is 1.18. The van der Waals surface area contributed by atoms with Gasteiger partial charge in [0.25, 0.3) is 0 Å². The SMILES string of the molecule is c1ccc(-c2ccc(-n3c4ccccc4c4c5ccccc5c5c(sc6c7ccccc7c7ccccc7c65)c43)cc2)cc1. The van der Waals surface area contributed by atoms with Crippen molar-refractivity contribution in [3.63, 3.8) is 0 Å². The summed E-state index contributed by atoms with van der Waals surface area (Å²) in [6.07, 6.45) is 0. The number of hydrogen-bond acceptors (Lipinski definition) is 1. The van der Waals surface area contributed by atoms with Gasteiger partial charge >= 0.3 is 0 Å². The van der Waals surface area contributed by atoms with Crippen LogP contribution in [-0.2, 0) is 0 Å². The van der Waals surface area contributed by atoms with Crippen LogP contribution < -0.4 is 0 Å². The summed E-state index contributed by atoms with van der Waals surface area (Å²) in [7, 11) is 0. The van der Waals surface area contributed by atoms with Crippen molar-refractivity contribution in [1.29, 1.82) is 0 Å². The predicted octanol–water partition coefficient (Wildman–Crippen LogP) is 12.3. The van der Waals surface area contributed by atoms with Gasteiger partial charge in [0.2, 0.25) is 0 Å². The molecule has 0 radical (unpaired) electrons. The van der Waals surface area contributed by atoms with Crippen LogP contribution in [-0.4, -0.2) is 4.57 Å². The van der Waals surface area contributed by atoms with Gasteiger partial charge in [-0.3, -0.25) is 0 Å². The summed E-state index contributed by atoms with van der Waals surface area (Å²) in [6, 6.07) is 55.6. The minimum Gasteiger partial charge on any atom is -0.308 e. The van der Waals surface area contributed by atoms with E-state index in [1.807, 2.05) is 11.3 Å². The molecule has 0 fully saturated rings. The van der Waals surface area contributed by atoms with Crippen molar-refractivity contribution in [3.05, 3.63) is 152 Å². The number of aromatic nitrogens is 1. The molecule has 1 nitrogen and oxygen atoms in total. The Morgan fingerprint density at radius 2 is 0.818 bits per heavy atom. The highest BCUT2D eigenvalue weighted by Gasteiger charge is 2.23. The van der Waals surface area contributed by atoms with Crippen molar-refractivity contribution >= 4 is 85.6 Å². The average Bonchev–Trinajstić information content (AvgIpc) is 3.67.